The summed E-state index contributed by atoms with van der Waals surface area (Å²) in [6.07, 6.45) is 3.90. The van der Waals surface area contributed by atoms with E-state index >= 15 is 0 Å². The number of aromatic nitrogens is 1. The van der Waals surface area contributed by atoms with Crippen molar-refractivity contribution in [3.63, 3.8) is 0 Å². The normalized spacial score (nSPS) is 15.3. The van der Waals surface area contributed by atoms with Crippen LogP contribution in [-0.4, -0.2) is 17.6 Å². The summed E-state index contributed by atoms with van der Waals surface area (Å²) in [4.78, 5) is 4.01. The van der Waals surface area contributed by atoms with Gasteiger partial charge in [0.25, 0.3) is 0 Å². The first-order valence-corrected chi connectivity index (χ1v) is 5.42. The Kier molecular flexibility index (Phi) is 3.16. The van der Waals surface area contributed by atoms with Crippen molar-refractivity contribution in [1.29, 1.82) is 0 Å². The summed E-state index contributed by atoms with van der Waals surface area (Å²) >= 11 is 0. The van der Waals surface area contributed by atoms with Crippen molar-refractivity contribution in [2.24, 2.45) is 0 Å². The van der Waals surface area contributed by atoms with Crippen LogP contribution >= 0.6 is 0 Å². The third-order valence-corrected chi connectivity index (χ3v) is 2.45. The lowest BCUT2D eigenvalue weighted by molar-refractivity contribution is 0.590. The van der Waals surface area contributed by atoms with Crippen molar-refractivity contribution >= 4 is 5.82 Å². The summed E-state index contributed by atoms with van der Waals surface area (Å²) in [5.41, 5.74) is 0.676. The standard InChI is InChI=1S/C11H16FN3/c1-2-13-7-8-5-6-14-11(10(8)12)15-9-3-4-9/h5-6,9,13H,2-4,7H2,1H3,(H,14,15). The van der Waals surface area contributed by atoms with Gasteiger partial charge in [0.15, 0.2) is 11.6 Å². The van der Waals surface area contributed by atoms with Crippen LogP contribution in [0.3, 0.4) is 0 Å². The fourth-order valence-corrected chi connectivity index (χ4v) is 1.40. The van der Waals surface area contributed by atoms with Crippen LogP contribution in [0.15, 0.2) is 12.3 Å². The SMILES string of the molecule is CCNCc1ccnc(NC2CC2)c1F. The summed E-state index contributed by atoms with van der Waals surface area (Å²) in [6.45, 7) is 3.40. The quantitative estimate of drug-likeness (QED) is 0.777. The molecule has 15 heavy (non-hydrogen) atoms. The third-order valence-electron chi connectivity index (χ3n) is 2.45. The van der Waals surface area contributed by atoms with E-state index in [1.54, 1.807) is 12.3 Å². The van der Waals surface area contributed by atoms with Crippen molar-refractivity contribution in [1.82, 2.24) is 10.3 Å². The molecule has 2 N–H and O–H groups in total. The minimum Gasteiger partial charge on any atom is -0.365 e. The van der Waals surface area contributed by atoms with E-state index in [4.69, 9.17) is 0 Å². The minimum absolute atomic E-state index is 0.217. The van der Waals surface area contributed by atoms with Crippen LogP contribution in [-0.2, 0) is 6.54 Å². The Labute approximate surface area is 89.1 Å². The summed E-state index contributed by atoms with van der Waals surface area (Å²) in [7, 11) is 0. The average Bonchev–Trinajstić information content (AvgIpc) is 3.03. The Morgan fingerprint density at radius 2 is 2.33 bits per heavy atom. The lowest BCUT2D eigenvalue weighted by atomic mass is 10.2. The van der Waals surface area contributed by atoms with E-state index in [1.165, 1.54) is 0 Å². The average molecular weight is 209 g/mol. The van der Waals surface area contributed by atoms with Gasteiger partial charge in [0, 0.05) is 24.3 Å². The lowest BCUT2D eigenvalue weighted by Gasteiger charge is -2.08. The monoisotopic (exact) mass is 209 g/mol. The van der Waals surface area contributed by atoms with E-state index in [0.717, 1.165) is 19.4 Å². The largest absolute Gasteiger partial charge is 0.365 e. The molecule has 0 amide bonds. The molecule has 2 rings (SSSR count). The molecule has 0 radical (unpaired) electrons. The number of rotatable bonds is 5. The van der Waals surface area contributed by atoms with E-state index in [-0.39, 0.29) is 5.82 Å². The molecule has 0 unspecified atom stereocenters. The number of nitrogens with zero attached hydrogens (tertiary/aromatic N) is 1. The first-order chi connectivity index (χ1) is 7.31. The van der Waals surface area contributed by atoms with Crippen LogP contribution in [0.1, 0.15) is 25.3 Å². The van der Waals surface area contributed by atoms with Crippen LogP contribution in [0.2, 0.25) is 0 Å². The van der Waals surface area contributed by atoms with Crippen molar-refractivity contribution in [2.75, 3.05) is 11.9 Å². The minimum atomic E-state index is -0.217. The second kappa shape index (κ2) is 4.57. The van der Waals surface area contributed by atoms with Crippen molar-refractivity contribution in [3.05, 3.63) is 23.6 Å². The molecule has 0 aromatic carbocycles. The number of anilines is 1. The van der Waals surface area contributed by atoms with Crippen molar-refractivity contribution < 1.29 is 4.39 Å². The van der Waals surface area contributed by atoms with Gasteiger partial charge in [-0.15, -0.1) is 0 Å². The number of halogens is 1. The number of hydrogen-bond donors (Lipinski definition) is 2. The van der Waals surface area contributed by atoms with Crippen molar-refractivity contribution in [2.45, 2.75) is 32.4 Å². The van der Waals surface area contributed by atoms with Gasteiger partial charge in [-0.1, -0.05) is 6.92 Å². The van der Waals surface area contributed by atoms with Gasteiger partial charge in [-0.2, -0.15) is 0 Å². The fraction of sp³-hybridized carbons (Fsp3) is 0.545. The maximum Gasteiger partial charge on any atom is 0.169 e. The predicted molar refractivity (Wildman–Crippen MR) is 58.2 cm³/mol. The van der Waals surface area contributed by atoms with E-state index in [1.807, 2.05) is 6.92 Å². The third kappa shape index (κ3) is 2.65. The highest BCUT2D eigenvalue weighted by Crippen LogP contribution is 2.25. The molecule has 1 heterocycles. The molecule has 1 aromatic rings. The van der Waals surface area contributed by atoms with Gasteiger partial charge in [-0.25, -0.2) is 9.37 Å². The first-order valence-electron chi connectivity index (χ1n) is 5.42. The first kappa shape index (κ1) is 10.4. The molecule has 0 aliphatic heterocycles. The highest BCUT2D eigenvalue weighted by atomic mass is 19.1. The zero-order chi connectivity index (χ0) is 10.7. The molecule has 1 saturated carbocycles. The topological polar surface area (TPSA) is 37.0 Å². The van der Waals surface area contributed by atoms with Gasteiger partial charge in [0.1, 0.15) is 0 Å². The summed E-state index contributed by atoms with van der Waals surface area (Å²) in [5, 5.41) is 6.19. The molecule has 0 bridgehead atoms. The smallest absolute Gasteiger partial charge is 0.169 e. The Morgan fingerprint density at radius 1 is 1.53 bits per heavy atom. The summed E-state index contributed by atoms with van der Waals surface area (Å²) < 4.78 is 13.8. The maximum atomic E-state index is 13.8. The molecular formula is C11H16FN3. The molecule has 3 nitrogen and oxygen atoms in total. The molecular weight excluding hydrogens is 193 g/mol. The molecule has 82 valence electrons. The molecule has 0 spiro atoms. The molecule has 0 atom stereocenters. The second-order valence-corrected chi connectivity index (χ2v) is 3.83. The Hall–Kier alpha value is -1.16. The van der Waals surface area contributed by atoms with E-state index < -0.39 is 0 Å². The molecule has 1 aliphatic carbocycles. The highest BCUT2D eigenvalue weighted by Gasteiger charge is 2.23. The van der Waals surface area contributed by atoms with Gasteiger partial charge in [0.05, 0.1) is 0 Å². The van der Waals surface area contributed by atoms with E-state index in [9.17, 15) is 4.39 Å². The van der Waals surface area contributed by atoms with E-state index in [2.05, 4.69) is 15.6 Å². The predicted octanol–water partition coefficient (Wildman–Crippen LogP) is 1.90. The van der Waals surface area contributed by atoms with Crippen LogP contribution in [0.25, 0.3) is 0 Å². The Balaban J connectivity index is 2.08. The van der Waals surface area contributed by atoms with Gasteiger partial charge in [0.2, 0.25) is 0 Å². The lowest BCUT2D eigenvalue weighted by Crippen LogP contribution is -2.14. The summed E-state index contributed by atoms with van der Waals surface area (Å²) in [5.74, 6) is 0.179. The van der Waals surface area contributed by atoms with Gasteiger partial charge in [-0.05, 0) is 25.5 Å². The molecule has 1 fully saturated rings. The second-order valence-electron chi connectivity index (χ2n) is 3.83. The van der Waals surface area contributed by atoms with Crippen LogP contribution in [0.5, 0.6) is 0 Å². The number of hydrogen-bond acceptors (Lipinski definition) is 3. The Morgan fingerprint density at radius 3 is 3.00 bits per heavy atom. The number of pyridine rings is 1. The molecule has 0 saturated heterocycles. The zero-order valence-electron chi connectivity index (χ0n) is 8.89. The van der Waals surface area contributed by atoms with Crippen molar-refractivity contribution in [3.8, 4) is 0 Å². The van der Waals surface area contributed by atoms with Crippen LogP contribution < -0.4 is 10.6 Å². The van der Waals surface area contributed by atoms with Crippen LogP contribution in [0, 0.1) is 5.82 Å². The summed E-state index contributed by atoms with van der Waals surface area (Å²) in [6, 6.07) is 2.15. The molecule has 4 heteroatoms. The van der Waals surface area contributed by atoms with Gasteiger partial charge < -0.3 is 10.6 Å². The Bertz CT molecular complexity index is 337. The van der Waals surface area contributed by atoms with Crippen LogP contribution in [0.4, 0.5) is 10.2 Å². The maximum absolute atomic E-state index is 13.8. The zero-order valence-corrected chi connectivity index (χ0v) is 8.89. The highest BCUT2D eigenvalue weighted by molar-refractivity contribution is 5.41. The van der Waals surface area contributed by atoms with Gasteiger partial charge in [-0.3, -0.25) is 0 Å². The molecule has 1 aliphatic rings. The number of nitrogens with one attached hydrogen (secondary N) is 2. The van der Waals surface area contributed by atoms with Gasteiger partial charge >= 0.3 is 0 Å². The fourth-order valence-electron chi connectivity index (χ4n) is 1.40. The van der Waals surface area contributed by atoms with E-state index in [0.29, 0.717) is 24.0 Å². The molecule has 1 aromatic heterocycles.